The van der Waals surface area contributed by atoms with Crippen molar-refractivity contribution in [2.45, 2.75) is 19.9 Å². The van der Waals surface area contributed by atoms with Crippen LogP contribution >= 0.6 is 0 Å². The van der Waals surface area contributed by atoms with Crippen LogP contribution in [0, 0.1) is 6.92 Å². The zero-order valence-corrected chi connectivity index (χ0v) is 13.5. The van der Waals surface area contributed by atoms with Crippen LogP contribution in [0.2, 0.25) is 0 Å². The maximum absolute atomic E-state index is 12.2. The molecule has 126 valence electrons. The van der Waals surface area contributed by atoms with Crippen molar-refractivity contribution < 1.29 is 13.6 Å². The summed E-state index contributed by atoms with van der Waals surface area (Å²) in [5, 5.41) is 2.81. The molecule has 2 heterocycles. The average Bonchev–Trinajstić information content (AvgIpc) is 3.10. The maximum Gasteiger partial charge on any atom is 0.419 e. The fraction of sp³-hybridized carbons (Fsp3) is 0.167. The van der Waals surface area contributed by atoms with Crippen LogP contribution in [0.25, 0.3) is 22.2 Å². The summed E-state index contributed by atoms with van der Waals surface area (Å²) in [4.78, 5) is 28.3. The first-order valence-corrected chi connectivity index (χ1v) is 7.85. The predicted molar refractivity (Wildman–Crippen MR) is 92.5 cm³/mol. The molecule has 7 nitrogen and oxygen atoms in total. The van der Waals surface area contributed by atoms with Gasteiger partial charge in [-0.2, -0.15) is 0 Å². The molecule has 2 aromatic carbocycles. The first-order valence-electron chi connectivity index (χ1n) is 7.85. The number of benzene rings is 2. The van der Waals surface area contributed by atoms with Crippen LogP contribution in [0.3, 0.4) is 0 Å². The molecule has 0 aliphatic carbocycles. The van der Waals surface area contributed by atoms with E-state index in [1.807, 2.05) is 6.07 Å². The van der Waals surface area contributed by atoms with E-state index in [0.717, 1.165) is 0 Å². The largest absolute Gasteiger partial charge is 0.441 e. The maximum atomic E-state index is 12.2. The van der Waals surface area contributed by atoms with Crippen LogP contribution in [-0.4, -0.2) is 15.5 Å². The summed E-state index contributed by atoms with van der Waals surface area (Å²) in [5.41, 5.74) is 3.19. The summed E-state index contributed by atoms with van der Waals surface area (Å²) in [5.74, 6) is -0.0880. The highest BCUT2D eigenvalue weighted by Gasteiger charge is 2.11. The molecule has 0 spiro atoms. The number of nitrogens with zero attached hydrogens (tertiary/aromatic N) is 2. The number of oxazole rings is 2. The third-order valence-corrected chi connectivity index (χ3v) is 3.91. The van der Waals surface area contributed by atoms with Crippen molar-refractivity contribution in [3.63, 3.8) is 0 Å². The molecular weight excluding hydrogens is 322 g/mol. The zero-order chi connectivity index (χ0) is 17.4. The number of anilines is 1. The lowest BCUT2D eigenvalue weighted by Gasteiger charge is -2.05. The number of aromatic nitrogens is 2. The van der Waals surface area contributed by atoms with Gasteiger partial charge in [-0.1, -0.05) is 12.1 Å². The van der Waals surface area contributed by atoms with E-state index in [9.17, 15) is 9.59 Å². The van der Waals surface area contributed by atoms with Gasteiger partial charge in [0.1, 0.15) is 5.52 Å². The molecule has 0 atom stereocenters. The topological polar surface area (TPSA) is 90.3 Å². The van der Waals surface area contributed by atoms with Crippen molar-refractivity contribution in [1.82, 2.24) is 9.55 Å². The molecule has 1 amide bonds. The summed E-state index contributed by atoms with van der Waals surface area (Å²) < 4.78 is 12.0. The van der Waals surface area contributed by atoms with Crippen molar-refractivity contribution in [2.24, 2.45) is 0 Å². The predicted octanol–water partition coefficient (Wildman–Crippen LogP) is 3.07. The number of para-hydroxylation sites is 2. The minimum atomic E-state index is -0.464. The number of hydrogen-bond acceptors (Lipinski definition) is 5. The van der Waals surface area contributed by atoms with Crippen molar-refractivity contribution >= 4 is 33.8 Å². The number of fused-ring (bicyclic) bond motifs is 2. The molecule has 0 radical (unpaired) electrons. The highest BCUT2D eigenvalue weighted by Crippen LogP contribution is 2.20. The lowest BCUT2D eigenvalue weighted by molar-refractivity contribution is -0.116. The van der Waals surface area contributed by atoms with E-state index in [0.29, 0.717) is 33.8 Å². The standard InChI is InChI=1S/C18H15N3O4/c1-11-19-13-10-12(6-7-15(13)24-11)20-17(22)8-9-21-14-4-2-3-5-16(14)25-18(21)23/h2-7,10H,8-9H2,1H3,(H,20,22). The average molecular weight is 337 g/mol. The van der Waals surface area contributed by atoms with Gasteiger partial charge in [0.15, 0.2) is 17.1 Å². The summed E-state index contributed by atoms with van der Waals surface area (Å²) >= 11 is 0. The molecule has 25 heavy (non-hydrogen) atoms. The highest BCUT2D eigenvalue weighted by molar-refractivity contribution is 5.92. The van der Waals surface area contributed by atoms with Crippen molar-refractivity contribution in [3.8, 4) is 0 Å². The molecule has 0 bridgehead atoms. The molecule has 0 saturated carbocycles. The third-order valence-electron chi connectivity index (χ3n) is 3.91. The van der Waals surface area contributed by atoms with Gasteiger partial charge in [-0.3, -0.25) is 9.36 Å². The van der Waals surface area contributed by atoms with Gasteiger partial charge < -0.3 is 14.2 Å². The summed E-state index contributed by atoms with van der Waals surface area (Å²) in [6.07, 6.45) is 0.152. The van der Waals surface area contributed by atoms with E-state index < -0.39 is 5.76 Å². The molecule has 0 aliphatic rings. The van der Waals surface area contributed by atoms with Crippen molar-refractivity contribution in [2.75, 3.05) is 5.32 Å². The van der Waals surface area contributed by atoms with Crippen LogP contribution in [0.5, 0.6) is 0 Å². The molecule has 0 aliphatic heterocycles. The second-order valence-electron chi connectivity index (χ2n) is 5.70. The van der Waals surface area contributed by atoms with Crippen LogP contribution in [0.1, 0.15) is 12.3 Å². The molecule has 1 N–H and O–H groups in total. The van der Waals surface area contributed by atoms with E-state index in [2.05, 4.69) is 10.3 Å². The van der Waals surface area contributed by atoms with Crippen LogP contribution in [-0.2, 0) is 11.3 Å². The Hall–Kier alpha value is -3.35. The number of carbonyl (C=O) groups is 1. The van der Waals surface area contributed by atoms with E-state index >= 15 is 0 Å². The smallest absolute Gasteiger partial charge is 0.419 e. The SMILES string of the molecule is Cc1nc2cc(NC(=O)CCn3c(=O)oc4ccccc43)ccc2o1. The molecule has 7 heteroatoms. The number of amides is 1. The van der Waals surface area contributed by atoms with Gasteiger partial charge in [0.05, 0.1) is 5.52 Å². The third kappa shape index (κ3) is 2.91. The Bertz CT molecular complexity index is 1140. The fourth-order valence-electron chi connectivity index (χ4n) is 2.78. The lowest BCUT2D eigenvalue weighted by Crippen LogP contribution is -2.19. The second kappa shape index (κ2) is 5.94. The number of nitrogens with one attached hydrogen (secondary N) is 1. The monoisotopic (exact) mass is 337 g/mol. The van der Waals surface area contributed by atoms with Gasteiger partial charge in [-0.25, -0.2) is 9.78 Å². The van der Waals surface area contributed by atoms with Crippen LogP contribution in [0.15, 0.2) is 56.1 Å². The summed E-state index contributed by atoms with van der Waals surface area (Å²) in [6.45, 7) is 2.01. The van der Waals surface area contributed by atoms with E-state index in [1.54, 1.807) is 43.3 Å². The van der Waals surface area contributed by atoms with Gasteiger partial charge >= 0.3 is 5.76 Å². The zero-order valence-electron chi connectivity index (χ0n) is 13.5. The lowest BCUT2D eigenvalue weighted by atomic mass is 10.2. The van der Waals surface area contributed by atoms with Crippen LogP contribution < -0.4 is 11.1 Å². The van der Waals surface area contributed by atoms with Gasteiger partial charge in [-0.15, -0.1) is 0 Å². The molecule has 0 unspecified atom stereocenters. The number of hydrogen-bond donors (Lipinski definition) is 1. The molecule has 0 saturated heterocycles. The Kier molecular flexibility index (Phi) is 3.61. The Morgan fingerprint density at radius 2 is 2.00 bits per heavy atom. The second-order valence-corrected chi connectivity index (χ2v) is 5.70. The summed E-state index contributed by atoms with van der Waals surface area (Å²) in [6, 6.07) is 12.4. The fourth-order valence-corrected chi connectivity index (χ4v) is 2.78. The normalized spacial score (nSPS) is 11.2. The van der Waals surface area contributed by atoms with E-state index in [4.69, 9.17) is 8.83 Å². The Balaban J connectivity index is 1.47. The minimum Gasteiger partial charge on any atom is -0.441 e. The first kappa shape index (κ1) is 15.2. The molecule has 4 rings (SSSR count). The molecule has 4 aromatic rings. The van der Waals surface area contributed by atoms with Crippen molar-refractivity contribution in [1.29, 1.82) is 0 Å². The van der Waals surface area contributed by atoms with Crippen molar-refractivity contribution in [3.05, 3.63) is 58.9 Å². The molecular formula is C18H15N3O4. The highest BCUT2D eigenvalue weighted by atomic mass is 16.4. The van der Waals surface area contributed by atoms with E-state index in [1.165, 1.54) is 4.57 Å². The van der Waals surface area contributed by atoms with Crippen LogP contribution in [0.4, 0.5) is 5.69 Å². The van der Waals surface area contributed by atoms with Gasteiger partial charge in [0, 0.05) is 25.6 Å². The number of aryl methyl sites for hydroxylation is 2. The first-order chi connectivity index (χ1) is 12.1. The Morgan fingerprint density at radius 3 is 2.88 bits per heavy atom. The van der Waals surface area contributed by atoms with Gasteiger partial charge in [-0.05, 0) is 30.3 Å². The van der Waals surface area contributed by atoms with E-state index in [-0.39, 0.29) is 18.9 Å². The summed E-state index contributed by atoms with van der Waals surface area (Å²) in [7, 11) is 0. The minimum absolute atomic E-state index is 0.152. The van der Waals surface area contributed by atoms with Gasteiger partial charge in [0.2, 0.25) is 5.91 Å². The molecule has 2 aromatic heterocycles. The molecule has 0 fully saturated rings. The number of rotatable bonds is 4. The number of carbonyl (C=O) groups excluding carboxylic acids is 1. The Morgan fingerprint density at radius 1 is 1.16 bits per heavy atom. The van der Waals surface area contributed by atoms with Gasteiger partial charge in [0.25, 0.3) is 0 Å². The Labute approximate surface area is 141 Å². The quantitative estimate of drug-likeness (QED) is 0.618.